The van der Waals surface area contributed by atoms with Gasteiger partial charge in [-0.2, -0.15) is 5.10 Å². The number of aromatic nitrogens is 4. The summed E-state index contributed by atoms with van der Waals surface area (Å²) in [5, 5.41) is 20.7. The number of likely N-dealkylation sites (N-methyl/N-ethyl adjacent to an activating group) is 1. The molecule has 0 saturated carbocycles. The SMILES string of the molecule is CCN[C@H]1CCN(c2cnc3nc(-c4cc5cn(C)nc5cc4O)cc(Cl)c3c2)C1. The number of rotatable bonds is 4. The van der Waals surface area contributed by atoms with Crippen LogP contribution in [-0.2, 0) is 7.05 Å². The molecule has 5 rings (SSSR count). The zero-order valence-electron chi connectivity index (χ0n) is 16.9. The van der Waals surface area contributed by atoms with Crippen molar-refractivity contribution in [2.45, 2.75) is 19.4 Å². The van der Waals surface area contributed by atoms with E-state index in [0.717, 1.165) is 48.0 Å². The minimum atomic E-state index is 0.118. The van der Waals surface area contributed by atoms with Crippen LogP contribution in [0, 0.1) is 0 Å². The van der Waals surface area contributed by atoms with Crippen molar-refractivity contribution in [3.05, 3.63) is 41.7 Å². The van der Waals surface area contributed by atoms with E-state index in [0.29, 0.717) is 28.0 Å². The quantitative estimate of drug-likeness (QED) is 0.521. The van der Waals surface area contributed by atoms with E-state index in [2.05, 4.69) is 38.3 Å². The third kappa shape index (κ3) is 3.34. The lowest BCUT2D eigenvalue weighted by atomic mass is 10.1. The van der Waals surface area contributed by atoms with Crippen molar-refractivity contribution in [1.29, 1.82) is 0 Å². The molecule has 3 aromatic heterocycles. The van der Waals surface area contributed by atoms with Crippen LogP contribution in [-0.4, -0.2) is 50.5 Å². The molecule has 0 bridgehead atoms. The second kappa shape index (κ2) is 7.41. The Morgan fingerprint density at radius 3 is 2.97 bits per heavy atom. The molecule has 4 heterocycles. The Labute approximate surface area is 179 Å². The van der Waals surface area contributed by atoms with Gasteiger partial charge in [-0.25, -0.2) is 9.97 Å². The summed E-state index contributed by atoms with van der Waals surface area (Å²) in [4.78, 5) is 11.6. The molecule has 0 aliphatic carbocycles. The smallest absolute Gasteiger partial charge is 0.161 e. The summed E-state index contributed by atoms with van der Waals surface area (Å²) in [7, 11) is 1.85. The van der Waals surface area contributed by atoms with Gasteiger partial charge in [0.05, 0.1) is 28.1 Å². The van der Waals surface area contributed by atoms with E-state index in [1.54, 1.807) is 16.8 Å². The number of aromatic hydroxyl groups is 1. The van der Waals surface area contributed by atoms with Crippen LogP contribution in [0.25, 0.3) is 33.2 Å². The highest BCUT2D eigenvalue weighted by atomic mass is 35.5. The number of hydrogen-bond donors (Lipinski definition) is 2. The van der Waals surface area contributed by atoms with Gasteiger partial charge in [0.2, 0.25) is 0 Å². The maximum Gasteiger partial charge on any atom is 0.161 e. The summed E-state index contributed by atoms with van der Waals surface area (Å²) in [5.74, 6) is 0.118. The van der Waals surface area contributed by atoms with Gasteiger partial charge in [-0.05, 0) is 31.2 Å². The molecule has 1 saturated heterocycles. The molecule has 0 radical (unpaired) electrons. The Hall–Kier alpha value is -2.90. The summed E-state index contributed by atoms with van der Waals surface area (Å²) in [6.45, 7) is 5.06. The molecule has 0 unspecified atom stereocenters. The fourth-order valence-electron chi connectivity index (χ4n) is 4.21. The first-order chi connectivity index (χ1) is 14.5. The number of hydrogen-bond acceptors (Lipinski definition) is 6. The lowest BCUT2D eigenvalue weighted by Crippen LogP contribution is -2.32. The first-order valence-electron chi connectivity index (χ1n) is 10.1. The number of anilines is 1. The molecule has 0 amide bonds. The van der Waals surface area contributed by atoms with Gasteiger partial charge in [0.15, 0.2) is 5.65 Å². The Bertz CT molecular complexity index is 1250. The van der Waals surface area contributed by atoms with Crippen molar-refractivity contribution in [1.82, 2.24) is 25.1 Å². The van der Waals surface area contributed by atoms with E-state index >= 15 is 0 Å². The molecule has 1 atom stereocenters. The highest BCUT2D eigenvalue weighted by Crippen LogP contribution is 2.36. The summed E-state index contributed by atoms with van der Waals surface area (Å²) in [6.07, 6.45) is 4.88. The minimum Gasteiger partial charge on any atom is -0.507 e. The molecule has 7 nitrogen and oxygen atoms in total. The van der Waals surface area contributed by atoms with Crippen LogP contribution in [0.2, 0.25) is 5.02 Å². The normalized spacial score (nSPS) is 16.8. The molecule has 30 heavy (non-hydrogen) atoms. The molecule has 1 aliphatic heterocycles. The van der Waals surface area contributed by atoms with E-state index < -0.39 is 0 Å². The van der Waals surface area contributed by atoms with E-state index in [9.17, 15) is 5.11 Å². The second-order valence-electron chi connectivity index (χ2n) is 7.77. The largest absolute Gasteiger partial charge is 0.507 e. The molecule has 1 aliphatic rings. The number of phenolic OH excluding ortho intramolecular Hbond substituents is 1. The average molecular weight is 423 g/mol. The average Bonchev–Trinajstić information content (AvgIpc) is 3.33. The molecule has 0 spiro atoms. The highest BCUT2D eigenvalue weighted by molar-refractivity contribution is 6.35. The minimum absolute atomic E-state index is 0.118. The Kier molecular flexibility index (Phi) is 4.72. The van der Waals surface area contributed by atoms with Crippen molar-refractivity contribution in [3.8, 4) is 17.0 Å². The topological polar surface area (TPSA) is 79.1 Å². The van der Waals surface area contributed by atoms with Gasteiger partial charge in [0, 0.05) is 54.8 Å². The zero-order valence-corrected chi connectivity index (χ0v) is 17.7. The first kappa shape index (κ1) is 19.1. The van der Waals surface area contributed by atoms with E-state index in [-0.39, 0.29) is 5.75 Å². The molecule has 2 N–H and O–H groups in total. The van der Waals surface area contributed by atoms with Crippen molar-refractivity contribution in [3.63, 3.8) is 0 Å². The Morgan fingerprint density at radius 1 is 1.27 bits per heavy atom. The first-order valence-corrected chi connectivity index (χ1v) is 10.5. The number of benzene rings is 1. The van der Waals surface area contributed by atoms with Crippen molar-refractivity contribution >= 4 is 39.2 Å². The summed E-state index contributed by atoms with van der Waals surface area (Å²) >= 11 is 6.63. The maximum atomic E-state index is 10.5. The van der Waals surface area contributed by atoms with Crippen LogP contribution in [0.4, 0.5) is 5.69 Å². The second-order valence-corrected chi connectivity index (χ2v) is 8.18. The molecule has 8 heteroatoms. The van der Waals surface area contributed by atoms with Crippen LogP contribution in [0.5, 0.6) is 5.75 Å². The molecular weight excluding hydrogens is 400 g/mol. The lowest BCUT2D eigenvalue weighted by Gasteiger charge is -2.19. The molecule has 1 fully saturated rings. The summed E-state index contributed by atoms with van der Waals surface area (Å²) < 4.78 is 1.72. The van der Waals surface area contributed by atoms with Crippen molar-refractivity contribution < 1.29 is 5.11 Å². The molecule has 154 valence electrons. The van der Waals surface area contributed by atoms with Crippen LogP contribution in [0.15, 0.2) is 36.7 Å². The molecule has 1 aromatic carbocycles. The fourth-order valence-corrected chi connectivity index (χ4v) is 4.45. The van der Waals surface area contributed by atoms with Gasteiger partial charge < -0.3 is 15.3 Å². The van der Waals surface area contributed by atoms with E-state index in [1.807, 2.05) is 25.5 Å². The van der Waals surface area contributed by atoms with Crippen LogP contribution >= 0.6 is 11.6 Å². The number of nitrogens with zero attached hydrogens (tertiary/aromatic N) is 5. The Balaban J connectivity index is 1.53. The van der Waals surface area contributed by atoms with Crippen molar-refractivity contribution in [2.24, 2.45) is 7.05 Å². The molecular formula is C22H23ClN6O. The lowest BCUT2D eigenvalue weighted by molar-refractivity contribution is 0.478. The van der Waals surface area contributed by atoms with E-state index in [4.69, 9.17) is 11.6 Å². The maximum absolute atomic E-state index is 10.5. The number of fused-ring (bicyclic) bond motifs is 2. The predicted molar refractivity (Wildman–Crippen MR) is 120 cm³/mol. The number of nitrogens with one attached hydrogen (secondary N) is 1. The van der Waals surface area contributed by atoms with Crippen LogP contribution in [0.1, 0.15) is 13.3 Å². The van der Waals surface area contributed by atoms with Crippen LogP contribution in [0.3, 0.4) is 0 Å². The highest BCUT2D eigenvalue weighted by Gasteiger charge is 2.22. The number of phenols is 1. The predicted octanol–water partition coefficient (Wildman–Crippen LogP) is 3.73. The van der Waals surface area contributed by atoms with Gasteiger partial charge >= 0.3 is 0 Å². The third-order valence-electron chi connectivity index (χ3n) is 5.66. The fraction of sp³-hybridized carbons (Fsp3) is 0.318. The zero-order chi connectivity index (χ0) is 20.8. The van der Waals surface area contributed by atoms with Crippen molar-refractivity contribution in [2.75, 3.05) is 24.5 Å². The monoisotopic (exact) mass is 422 g/mol. The van der Waals surface area contributed by atoms with Gasteiger partial charge in [0.1, 0.15) is 5.75 Å². The van der Waals surface area contributed by atoms with Crippen LogP contribution < -0.4 is 10.2 Å². The molecule has 4 aromatic rings. The summed E-state index contributed by atoms with van der Waals surface area (Å²) in [5.41, 5.74) is 3.55. The third-order valence-corrected chi connectivity index (χ3v) is 5.97. The van der Waals surface area contributed by atoms with Gasteiger partial charge in [-0.15, -0.1) is 0 Å². The number of halogens is 1. The number of pyridine rings is 2. The Morgan fingerprint density at radius 2 is 2.13 bits per heavy atom. The van der Waals surface area contributed by atoms with E-state index in [1.165, 1.54) is 0 Å². The number of aryl methyl sites for hydroxylation is 1. The summed E-state index contributed by atoms with van der Waals surface area (Å²) in [6, 6.07) is 7.88. The van der Waals surface area contributed by atoms with Gasteiger partial charge in [0.25, 0.3) is 0 Å². The van der Waals surface area contributed by atoms with Gasteiger partial charge in [-0.1, -0.05) is 18.5 Å². The van der Waals surface area contributed by atoms with Gasteiger partial charge in [-0.3, -0.25) is 4.68 Å². The standard InChI is InChI=1S/C22H23ClN6O/c1-3-24-14-4-5-29(12-14)15-7-16-18(23)8-20(26-22(16)25-10-15)17-6-13-11-28(2)27-19(13)9-21(17)30/h6-11,14,24,30H,3-5,12H2,1-2H3/t14-/m0/s1.